The van der Waals surface area contributed by atoms with Gasteiger partial charge in [0.25, 0.3) is 0 Å². The molecule has 1 aliphatic carbocycles. The Kier molecular flexibility index (Phi) is 3.59. The average molecular weight is 208 g/mol. The number of hydrogen-bond acceptors (Lipinski definition) is 1. The van der Waals surface area contributed by atoms with Crippen molar-refractivity contribution in [3.05, 3.63) is 30.1 Å². The zero-order valence-electron chi connectivity index (χ0n) is 8.92. The standard InChI is InChI=1S/C13H17FO/c14-12-7-4-8-13(9-12)15-10-11-5-2-1-3-6-11/h4,7-9,11H,1-3,5-6,10H2. The molecule has 2 rings (SSSR count). The summed E-state index contributed by atoms with van der Waals surface area (Å²) in [6.07, 6.45) is 6.51. The first-order valence-electron chi connectivity index (χ1n) is 5.73. The molecule has 0 unspecified atom stereocenters. The highest BCUT2D eigenvalue weighted by Crippen LogP contribution is 2.24. The van der Waals surface area contributed by atoms with Gasteiger partial charge in [-0.1, -0.05) is 25.3 Å². The summed E-state index contributed by atoms with van der Waals surface area (Å²) in [6.45, 7) is 0.740. The van der Waals surface area contributed by atoms with Crippen LogP contribution in [0.4, 0.5) is 4.39 Å². The van der Waals surface area contributed by atoms with Crippen LogP contribution in [-0.4, -0.2) is 6.61 Å². The molecule has 15 heavy (non-hydrogen) atoms. The minimum atomic E-state index is -0.226. The van der Waals surface area contributed by atoms with Crippen LogP contribution < -0.4 is 4.74 Å². The van der Waals surface area contributed by atoms with E-state index in [-0.39, 0.29) is 5.82 Å². The Balaban J connectivity index is 1.81. The van der Waals surface area contributed by atoms with Gasteiger partial charge in [-0.05, 0) is 30.9 Å². The summed E-state index contributed by atoms with van der Waals surface area (Å²) in [4.78, 5) is 0. The van der Waals surface area contributed by atoms with Crippen LogP contribution in [0.1, 0.15) is 32.1 Å². The molecule has 0 atom stereocenters. The van der Waals surface area contributed by atoms with Crippen LogP contribution in [0.5, 0.6) is 5.75 Å². The topological polar surface area (TPSA) is 9.23 Å². The monoisotopic (exact) mass is 208 g/mol. The maximum Gasteiger partial charge on any atom is 0.126 e. The Morgan fingerprint density at radius 2 is 2.00 bits per heavy atom. The molecule has 0 amide bonds. The van der Waals surface area contributed by atoms with Gasteiger partial charge in [0.05, 0.1) is 6.61 Å². The molecular weight excluding hydrogens is 191 g/mol. The summed E-state index contributed by atoms with van der Waals surface area (Å²) in [6, 6.07) is 6.38. The first kappa shape index (κ1) is 10.5. The van der Waals surface area contributed by atoms with Crippen molar-refractivity contribution in [2.45, 2.75) is 32.1 Å². The van der Waals surface area contributed by atoms with E-state index in [2.05, 4.69) is 0 Å². The van der Waals surface area contributed by atoms with Crippen molar-refractivity contribution in [2.24, 2.45) is 5.92 Å². The number of halogens is 1. The van der Waals surface area contributed by atoms with Crippen LogP contribution in [0.3, 0.4) is 0 Å². The van der Waals surface area contributed by atoms with E-state index in [0.717, 1.165) is 6.61 Å². The van der Waals surface area contributed by atoms with E-state index in [4.69, 9.17) is 4.74 Å². The first-order chi connectivity index (χ1) is 7.34. The highest BCUT2D eigenvalue weighted by atomic mass is 19.1. The lowest BCUT2D eigenvalue weighted by molar-refractivity contribution is 0.208. The average Bonchev–Trinajstić information content (AvgIpc) is 2.28. The lowest BCUT2D eigenvalue weighted by Crippen LogP contribution is -2.15. The minimum Gasteiger partial charge on any atom is -0.493 e. The van der Waals surface area contributed by atoms with E-state index in [0.29, 0.717) is 11.7 Å². The molecule has 0 N–H and O–H groups in total. The fraction of sp³-hybridized carbons (Fsp3) is 0.538. The fourth-order valence-corrected chi connectivity index (χ4v) is 2.12. The van der Waals surface area contributed by atoms with Crippen molar-refractivity contribution in [2.75, 3.05) is 6.61 Å². The molecular formula is C13H17FO. The van der Waals surface area contributed by atoms with Crippen molar-refractivity contribution in [3.63, 3.8) is 0 Å². The second-order valence-electron chi connectivity index (χ2n) is 4.27. The molecule has 0 spiro atoms. The van der Waals surface area contributed by atoms with E-state index in [1.54, 1.807) is 6.07 Å². The molecule has 0 heterocycles. The number of hydrogen-bond donors (Lipinski definition) is 0. The molecule has 0 aliphatic heterocycles. The van der Waals surface area contributed by atoms with Gasteiger partial charge in [0.15, 0.2) is 0 Å². The maximum atomic E-state index is 12.9. The van der Waals surface area contributed by atoms with Gasteiger partial charge in [-0.2, -0.15) is 0 Å². The maximum absolute atomic E-state index is 12.9. The third kappa shape index (κ3) is 3.22. The molecule has 1 aromatic rings. The van der Waals surface area contributed by atoms with Crippen LogP contribution in [0.25, 0.3) is 0 Å². The highest BCUT2D eigenvalue weighted by Gasteiger charge is 2.13. The Bertz CT molecular complexity index is 305. The minimum absolute atomic E-state index is 0.226. The number of benzene rings is 1. The molecule has 1 nitrogen and oxygen atoms in total. The van der Waals surface area contributed by atoms with E-state index in [1.807, 2.05) is 6.07 Å². The van der Waals surface area contributed by atoms with E-state index < -0.39 is 0 Å². The lowest BCUT2D eigenvalue weighted by atomic mass is 9.90. The summed E-state index contributed by atoms with van der Waals surface area (Å²) < 4.78 is 18.4. The van der Waals surface area contributed by atoms with Crippen molar-refractivity contribution >= 4 is 0 Å². The molecule has 1 saturated carbocycles. The Morgan fingerprint density at radius 1 is 1.20 bits per heavy atom. The van der Waals surface area contributed by atoms with Crippen molar-refractivity contribution in [1.82, 2.24) is 0 Å². The van der Waals surface area contributed by atoms with Gasteiger partial charge in [-0.25, -0.2) is 4.39 Å². The second kappa shape index (κ2) is 5.15. The SMILES string of the molecule is Fc1cccc(OCC2CCCCC2)c1. The fourth-order valence-electron chi connectivity index (χ4n) is 2.12. The summed E-state index contributed by atoms with van der Waals surface area (Å²) in [5.74, 6) is 1.10. The zero-order chi connectivity index (χ0) is 10.5. The van der Waals surface area contributed by atoms with Gasteiger partial charge in [0.2, 0.25) is 0 Å². The smallest absolute Gasteiger partial charge is 0.126 e. The van der Waals surface area contributed by atoms with Gasteiger partial charge in [0.1, 0.15) is 11.6 Å². The third-order valence-electron chi connectivity index (χ3n) is 3.01. The van der Waals surface area contributed by atoms with Crippen LogP contribution >= 0.6 is 0 Å². The summed E-state index contributed by atoms with van der Waals surface area (Å²) >= 11 is 0. The molecule has 0 radical (unpaired) electrons. The molecule has 0 aromatic heterocycles. The van der Waals surface area contributed by atoms with Crippen molar-refractivity contribution < 1.29 is 9.13 Å². The van der Waals surface area contributed by atoms with Crippen molar-refractivity contribution in [1.29, 1.82) is 0 Å². The largest absolute Gasteiger partial charge is 0.493 e. The first-order valence-corrected chi connectivity index (χ1v) is 5.73. The lowest BCUT2D eigenvalue weighted by Gasteiger charge is -2.21. The molecule has 0 saturated heterocycles. The van der Waals surface area contributed by atoms with E-state index >= 15 is 0 Å². The Morgan fingerprint density at radius 3 is 2.73 bits per heavy atom. The van der Waals surface area contributed by atoms with E-state index in [1.165, 1.54) is 44.2 Å². The van der Waals surface area contributed by atoms with Gasteiger partial charge < -0.3 is 4.74 Å². The molecule has 1 aliphatic rings. The predicted octanol–water partition coefficient (Wildman–Crippen LogP) is 3.78. The van der Waals surface area contributed by atoms with Crippen LogP contribution in [0, 0.1) is 11.7 Å². The van der Waals surface area contributed by atoms with Gasteiger partial charge >= 0.3 is 0 Å². The molecule has 1 aromatic carbocycles. The second-order valence-corrected chi connectivity index (χ2v) is 4.27. The third-order valence-corrected chi connectivity index (χ3v) is 3.01. The predicted molar refractivity (Wildman–Crippen MR) is 58.5 cm³/mol. The normalized spacial score (nSPS) is 17.7. The van der Waals surface area contributed by atoms with Gasteiger partial charge in [-0.3, -0.25) is 0 Å². The number of rotatable bonds is 3. The Labute approximate surface area is 90.3 Å². The van der Waals surface area contributed by atoms with Crippen LogP contribution in [0.15, 0.2) is 24.3 Å². The number of ether oxygens (including phenoxy) is 1. The van der Waals surface area contributed by atoms with Crippen LogP contribution in [0.2, 0.25) is 0 Å². The van der Waals surface area contributed by atoms with Gasteiger partial charge in [-0.15, -0.1) is 0 Å². The quantitative estimate of drug-likeness (QED) is 0.734. The highest BCUT2D eigenvalue weighted by molar-refractivity contribution is 5.22. The molecule has 1 fully saturated rings. The zero-order valence-corrected chi connectivity index (χ0v) is 8.92. The summed E-state index contributed by atoms with van der Waals surface area (Å²) in [5, 5.41) is 0. The van der Waals surface area contributed by atoms with Crippen molar-refractivity contribution in [3.8, 4) is 5.75 Å². The Hall–Kier alpha value is -1.05. The summed E-state index contributed by atoms with van der Waals surface area (Å²) in [7, 11) is 0. The van der Waals surface area contributed by atoms with Crippen LogP contribution in [-0.2, 0) is 0 Å². The molecule has 82 valence electrons. The molecule has 2 heteroatoms. The van der Waals surface area contributed by atoms with Gasteiger partial charge in [0, 0.05) is 6.07 Å². The molecule has 0 bridgehead atoms. The summed E-state index contributed by atoms with van der Waals surface area (Å²) in [5.41, 5.74) is 0. The van der Waals surface area contributed by atoms with E-state index in [9.17, 15) is 4.39 Å².